The highest BCUT2D eigenvalue weighted by Crippen LogP contribution is 2.35. The molecule has 0 bridgehead atoms. The first-order valence-electron chi connectivity index (χ1n) is 6.28. The standard InChI is InChI=1S/C12H18N6/c1-7-10(8(2)17(3)15-7)9-5-4-6-18-11(9)14-12(13)16-18/h9H,4-6H2,1-3H3,(H2,13,16). The van der Waals surface area contributed by atoms with Gasteiger partial charge in [0.05, 0.1) is 5.69 Å². The Morgan fingerprint density at radius 3 is 2.72 bits per heavy atom. The molecule has 96 valence electrons. The Labute approximate surface area is 106 Å². The molecule has 1 aliphatic heterocycles. The van der Waals surface area contributed by atoms with Crippen molar-refractivity contribution >= 4 is 5.95 Å². The summed E-state index contributed by atoms with van der Waals surface area (Å²) < 4.78 is 3.87. The highest BCUT2D eigenvalue weighted by molar-refractivity contribution is 5.35. The van der Waals surface area contributed by atoms with Gasteiger partial charge in [-0.1, -0.05) is 0 Å². The van der Waals surface area contributed by atoms with E-state index in [1.54, 1.807) is 0 Å². The van der Waals surface area contributed by atoms with Gasteiger partial charge in [-0.3, -0.25) is 4.68 Å². The Balaban J connectivity index is 2.13. The van der Waals surface area contributed by atoms with Crippen LogP contribution >= 0.6 is 0 Å². The number of rotatable bonds is 1. The Hall–Kier alpha value is -1.85. The maximum Gasteiger partial charge on any atom is 0.239 e. The zero-order valence-corrected chi connectivity index (χ0v) is 11.0. The van der Waals surface area contributed by atoms with Crippen LogP contribution in [-0.2, 0) is 13.6 Å². The van der Waals surface area contributed by atoms with Gasteiger partial charge in [0, 0.05) is 30.8 Å². The topological polar surface area (TPSA) is 74.5 Å². The van der Waals surface area contributed by atoms with E-state index in [1.807, 2.05) is 16.4 Å². The highest BCUT2D eigenvalue weighted by Gasteiger charge is 2.29. The summed E-state index contributed by atoms with van der Waals surface area (Å²) in [7, 11) is 1.98. The van der Waals surface area contributed by atoms with Crippen LogP contribution in [0.15, 0.2) is 0 Å². The SMILES string of the molecule is Cc1nn(C)c(C)c1C1CCCn2nc(N)nc21. The van der Waals surface area contributed by atoms with Crippen LogP contribution in [0.3, 0.4) is 0 Å². The van der Waals surface area contributed by atoms with Crippen molar-refractivity contribution in [1.82, 2.24) is 24.5 Å². The van der Waals surface area contributed by atoms with Gasteiger partial charge in [-0.25, -0.2) is 4.68 Å². The summed E-state index contributed by atoms with van der Waals surface area (Å²) in [5.41, 5.74) is 9.28. The van der Waals surface area contributed by atoms with E-state index in [-0.39, 0.29) is 5.92 Å². The van der Waals surface area contributed by atoms with Crippen molar-refractivity contribution in [3.63, 3.8) is 0 Å². The smallest absolute Gasteiger partial charge is 0.239 e. The van der Waals surface area contributed by atoms with Crippen LogP contribution in [0.2, 0.25) is 0 Å². The molecule has 2 N–H and O–H groups in total. The van der Waals surface area contributed by atoms with Gasteiger partial charge in [0.2, 0.25) is 5.95 Å². The fourth-order valence-electron chi connectivity index (χ4n) is 2.94. The molecule has 0 spiro atoms. The van der Waals surface area contributed by atoms with Crippen LogP contribution in [0.25, 0.3) is 0 Å². The molecule has 0 amide bonds. The molecule has 2 aromatic heterocycles. The lowest BCUT2D eigenvalue weighted by Crippen LogP contribution is -2.19. The summed E-state index contributed by atoms with van der Waals surface area (Å²) in [5, 5.41) is 8.74. The summed E-state index contributed by atoms with van der Waals surface area (Å²) in [5.74, 6) is 1.63. The molecule has 0 radical (unpaired) electrons. The van der Waals surface area contributed by atoms with Gasteiger partial charge in [-0.15, -0.1) is 5.10 Å². The van der Waals surface area contributed by atoms with E-state index in [4.69, 9.17) is 5.73 Å². The third kappa shape index (κ3) is 1.52. The Bertz CT molecular complexity index is 594. The molecule has 0 fully saturated rings. The number of nitrogen functional groups attached to an aromatic ring is 1. The first-order valence-corrected chi connectivity index (χ1v) is 6.28. The molecule has 18 heavy (non-hydrogen) atoms. The monoisotopic (exact) mass is 246 g/mol. The van der Waals surface area contributed by atoms with Gasteiger partial charge < -0.3 is 5.73 Å². The minimum atomic E-state index is 0.275. The van der Waals surface area contributed by atoms with Crippen molar-refractivity contribution in [2.45, 2.75) is 39.2 Å². The third-order valence-corrected chi connectivity index (χ3v) is 3.80. The van der Waals surface area contributed by atoms with Crippen molar-refractivity contribution in [2.24, 2.45) is 7.05 Å². The van der Waals surface area contributed by atoms with Gasteiger partial charge in [-0.2, -0.15) is 10.1 Å². The number of fused-ring (bicyclic) bond motifs is 1. The molecule has 0 aliphatic carbocycles. The number of aromatic nitrogens is 5. The maximum absolute atomic E-state index is 5.72. The fraction of sp³-hybridized carbons (Fsp3) is 0.583. The normalized spacial score (nSPS) is 18.9. The van der Waals surface area contributed by atoms with Crippen molar-refractivity contribution in [1.29, 1.82) is 0 Å². The molecule has 1 atom stereocenters. The highest BCUT2D eigenvalue weighted by atomic mass is 15.4. The van der Waals surface area contributed by atoms with Gasteiger partial charge in [0.15, 0.2) is 0 Å². The van der Waals surface area contributed by atoms with Crippen molar-refractivity contribution in [2.75, 3.05) is 5.73 Å². The van der Waals surface area contributed by atoms with E-state index in [9.17, 15) is 0 Å². The summed E-state index contributed by atoms with van der Waals surface area (Å²) in [6.07, 6.45) is 2.19. The predicted molar refractivity (Wildman–Crippen MR) is 68.2 cm³/mol. The second-order valence-corrected chi connectivity index (χ2v) is 4.95. The Kier molecular flexibility index (Phi) is 2.39. The number of aryl methyl sites for hydroxylation is 3. The molecule has 0 saturated carbocycles. The average Bonchev–Trinajstić information content (AvgIpc) is 2.80. The van der Waals surface area contributed by atoms with E-state index in [0.717, 1.165) is 30.9 Å². The van der Waals surface area contributed by atoms with Crippen LogP contribution in [0, 0.1) is 13.8 Å². The predicted octanol–water partition coefficient (Wildman–Crippen LogP) is 1.14. The molecule has 0 aromatic carbocycles. The lowest BCUT2D eigenvalue weighted by molar-refractivity contribution is 0.444. The zero-order chi connectivity index (χ0) is 12.9. The first kappa shape index (κ1) is 11.3. The summed E-state index contributed by atoms with van der Waals surface area (Å²) >= 11 is 0. The third-order valence-electron chi connectivity index (χ3n) is 3.80. The van der Waals surface area contributed by atoms with Gasteiger partial charge in [0.25, 0.3) is 0 Å². The minimum Gasteiger partial charge on any atom is -0.366 e. The van der Waals surface area contributed by atoms with E-state index >= 15 is 0 Å². The van der Waals surface area contributed by atoms with Crippen LogP contribution in [0.5, 0.6) is 0 Å². The molecule has 6 nitrogen and oxygen atoms in total. The molecular formula is C12H18N6. The Morgan fingerprint density at radius 1 is 1.28 bits per heavy atom. The Morgan fingerprint density at radius 2 is 2.06 bits per heavy atom. The van der Waals surface area contributed by atoms with Crippen molar-refractivity contribution < 1.29 is 0 Å². The second-order valence-electron chi connectivity index (χ2n) is 4.95. The number of hydrogen-bond acceptors (Lipinski definition) is 4. The zero-order valence-electron chi connectivity index (χ0n) is 11.0. The lowest BCUT2D eigenvalue weighted by atomic mass is 9.90. The molecule has 1 aliphatic rings. The number of nitrogens with zero attached hydrogens (tertiary/aromatic N) is 5. The summed E-state index contributed by atoms with van der Waals surface area (Å²) in [6.45, 7) is 5.07. The average molecular weight is 246 g/mol. The molecule has 3 rings (SSSR count). The molecule has 0 saturated heterocycles. The quantitative estimate of drug-likeness (QED) is 0.818. The van der Waals surface area contributed by atoms with Crippen LogP contribution in [-0.4, -0.2) is 24.5 Å². The lowest BCUT2D eigenvalue weighted by Gasteiger charge is -2.22. The van der Waals surface area contributed by atoms with Crippen molar-refractivity contribution in [3.05, 3.63) is 22.8 Å². The van der Waals surface area contributed by atoms with E-state index < -0.39 is 0 Å². The van der Waals surface area contributed by atoms with Crippen LogP contribution in [0.1, 0.15) is 41.5 Å². The molecule has 3 heterocycles. The van der Waals surface area contributed by atoms with E-state index in [0.29, 0.717) is 5.95 Å². The molecular weight excluding hydrogens is 228 g/mol. The van der Waals surface area contributed by atoms with E-state index in [1.165, 1.54) is 11.3 Å². The first-order chi connectivity index (χ1) is 8.58. The van der Waals surface area contributed by atoms with Gasteiger partial charge in [-0.05, 0) is 26.7 Å². The summed E-state index contributed by atoms with van der Waals surface area (Å²) in [6, 6.07) is 0. The fourth-order valence-corrected chi connectivity index (χ4v) is 2.94. The molecule has 6 heteroatoms. The summed E-state index contributed by atoms with van der Waals surface area (Å²) in [4.78, 5) is 4.39. The number of nitrogens with two attached hydrogens (primary N) is 1. The largest absolute Gasteiger partial charge is 0.366 e. The number of anilines is 1. The van der Waals surface area contributed by atoms with Gasteiger partial charge in [0.1, 0.15) is 5.82 Å². The van der Waals surface area contributed by atoms with E-state index in [2.05, 4.69) is 29.0 Å². The van der Waals surface area contributed by atoms with Gasteiger partial charge >= 0.3 is 0 Å². The molecule has 1 unspecified atom stereocenters. The number of hydrogen-bond donors (Lipinski definition) is 1. The molecule has 2 aromatic rings. The van der Waals surface area contributed by atoms with Crippen LogP contribution in [0.4, 0.5) is 5.95 Å². The minimum absolute atomic E-state index is 0.275. The second kappa shape index (κ2) is 3.83. The maximum atomic E-state index is 5.72. The van der Waals surface area contributed by atoms with Crippen LogP contribution < -0.4 is 5.73 Å². The van der Waals surface area contributed by atoms with Crippen molar-refractivity contribution in [3.8, 4) is 0 Å².